The van der Waals surface area contributed by atoms with Gasteiger partial charge in [0.05, 0.1) is 24.9 Å². The van der Waals surface area contributed by atoms with Gasteiger partial charge in [-0.25, -0.2) is 4.98 Å². The number of rotatable bonds is 10. The Morgan fingerprint density at radius 2 is 1.92 bits per heavy atom. The number of hydrogen-bond acceptors (Lipinski definition) is 8. The van der Waals surface area contributed by atoms with Gasteiger partial charge in [-0.3, -0.25) is 4.79 Å². The highest BCUT2D eigenvalue weighted by molar-refractivity contribution is 5.96. The predicted molar refractivity (Wildman–Crippen MR) is 140 cm³/mol. The molecular weight excluding hydrogens is 472 g/mol. The van der Waals surface area contributed by atoms with Crippen LogP contribution in [0.3, 0.4) is 0 Å². The van der Waals surface area contributed by atoms with Gasteiger partial charge in [-0.05, 0) is 51.5 Å². The van der Waals surface area contributed by atoms with Crippen LogP contribution in [0, 0.1) is 6.92 Å². The van der Waals surface area contributed by atoms with Crippen LogP contribution in [0.15, 0.2) is 48.5 Å². The van der Waals surface area contributed by atoms with E-state index < -0.39 is 11.1 Å². The van der Waals surface area contributed by atoms with E-state index in [1.807, 2.05) is 38.1 Å². The number of pyridine rings is 1. The van der Waals surface area contributed by atoms with E-state index in [-0.39, 0.29) is 31.8 Å². The van der Waals surface area contributed by atoms with E-state index >= 15 is 0 Å². The third-order valence-corrected chi connectivity index (χ3v) is 6.65. The van der Waals surface area contributed by atoms with E-state index in [4.69, 9.17) is 30.0 Å². The molecule has 1 aliphatic rings. The van der Waals surface area contributed by atoms with Crippen molar-refractivity contribution in [1.29, 1.82) is 0 Å². The fraction of sp³-hybridized carbons (Fsp3) is 0.379. The van der Waals surface area contributed by atoms with Crippen molar-refractivity contribution in [2.24, 2.45) is 5.73 Å². The Bertz CT molecular complexity index is 1280. The lowest BCUT2D eigenvalue weighted by molar-refractivity contribution is 0.0396. The average Bonchev–Trinajstić information content (AvgIpc) is 3.20. The summed E-state index contributed by atoms with van der Waals surface area (Å²) in [4.78, 5) is 17.8. The van der Waals surface area contributed by atoms with Gasteiger partial charge in [0.15, 0.2) is 23.0 Å². The summed E-state index contributed by atoms with van der Waals surface area (Å²) in [7, 11) is 1.49. The highest BCUT2D eigenvalue weighted by Gasteiger charge is 2.38. The first-order valence-electron chi connectivity index (χ1n) is 12.3. The number of carbonyl (C=O) groups excluding carboxylic acids is 1. The van der Waals surface area contributed by atoms with Gasteiger partial charge in [0.2, 0.25) is 0 Å². The minimum absolute atomic E-state index is 0.0853. The van der Waals surface area contributed by atoms with Gasteiger partial charge in [-0.2, -0.15) is 0 Å². The second kappa shape index (κ2) is 10.5. The molecule has 0 aliphatic carbocycles. The lowest BCUT2D eigenvalue weighted by Crippen LogP contribution is -2.35. The molecule has 196 valence electrons. The summed E-state index contributed by atoms with van der Waals surface area (Å²) in [6, 6.07) is 14.6. The molecule has 0 fully saturated rings. The first kappa shape index (κ1) is 26.6. The minimum Gasteiger partial charge on any atom is -0.493 e. The van der Waals surface area contributed by atoms with Crippen molar-refractivity contribution < 1.29 is 29.2 Å². The maximum Gasteiger partial charge on any atom is 0.163 e. The number of hydrogen-bond donors (Lipinski definition) is 3. The topological polar surface area (TPSA) is 124 Å². The highest BCUT2D eigenvalue weighted by Crippen LogP contribution is 2.44. The molecule has 3 aromatic rings. The number of aliphatic hydroxyl groups excluding tert-OH is 1. The summed E-state index contributed by atoms with van der Waals surface area (Å²) >= 11 is 0. The summed E-state index contributed by atoms with van der Waals surface area (Å²) in [5, 5.41) is 20.5. The van der Waals surface area contributed by atoms with E-state index in [9.17, 15) is 9.90 Å². The average molecular weight is 507 g/mol. The zero-order valence-corrected chi connectivity index (χ0v) is 21.7. The molecule has 2 heterocycles. The Kier molecular flexibility index (Phi) is 7.54. The molecule has 1 aliphatic heterocycles. The number of aryl methyl sites for hydroxylation is 1. The number of benzene rings is 2. The Balaban J connectivity index is 1.60. The van der Waals surface area contributed by atoms with Crippen molar-refractivity contribution >= 4 is 5.78 Å². The monoisotopic (exact) mass is 506 g/mol. The predicted octanol–water partition coefficient (Wildman–Crippen LogP) is 3.87. The molecule has 2 aromatic carbocycles. The SMILES string of the molecule is COc1cc(C(=O)CC[C@@](C)(O)c2cc3c(c(-c4ccc(C)cc4)n2)OC[C@@]3(C)N)ccc1OCCO. The summed E-state index contributed by atoms with van der Waals surface area (Å²) in [6.07, 6.45) is 0.236. The summed E-state index contributed by atoms with van der Waals surface area (Å²) in [6.45, 7) is 5.87. The molecule has 0 saturated carbocycles. The van der Waals surface area contributed by atoms with Gasteiger partial charge in [-0.15, -0.1) is 0 Å². The molecule has 8 nitrogen and oxygen atoms in total. The molecular formula is C29H34N2O6. The number of nitrogens with zero attached hydrogens (tertiary/aromatic N) is 1. The molecule has 4 rings (SSSR count). The zero-order valence-electron chi connectivity index (χ0n) is 21.7. The first-order valence-corrected chi connectivity index (χ1v) is 12.3. The Morgan fingerprint density at radius 3 is 2.59 bits per heavy atom. The van der Waals surface area contributed by atoms with E-state index in [1.165, 1.54) is 7.11 Å². The minimum atomic E-state index is -1.39. The van der Waals surface area contributed by atoms with Crippen LogP contribution < -0.4 is 19.9 Å². The van der Waals surface area contributed by atoms with Gasteiger partial charge >= 0.3 is 0 Å². The van der Waals surface area contributed by atoms with E-state index in [2.05, 4.69) is 0 Å². The molecule has 0 radical (unpaired) electrons. The lowest BCUT2D eigenvalue weighted by atomic mass is 9.88. The number of nitrogens with two attached hydrogens (primary N) is 1. The maximum atomic E-state index is 13.0. The second-order valence-electron chi connectivity index (χ2n) is 9.94. The number of carbonyl (C=O) groups is 1. The van der Waals surface area contributed by atoms with Crippen molar-refractivity contribution in [3.8, 4) is 28.5 Å². The number of ketones is 1. The van der Waals surface area contributed by atoms with Crippen LogP contribution in [-0.2, 0) is 11.1 Å². The van der Waals surface area contributed by atoms with Gasteiger partial charge in [0.1, 0.15) is 24.5 Å². The standard InChI is InChI=1S/C29H34N2O6/c1-18-5-7-19(8-6-18)26-27-21(28(2,30)17-37-27)16-25(31-26)29(3,34)12-11-22(33)20-9-10-23(36-14-13-32)24(15-20)35-4/h5-10,15-16,32,34H,11-14,17,30H2,1-4H3/t28-,29-/m1/s1. The van der Waals surface area contributed by atoms with Crippen molar-refractivity contribution in [3.05, 3.63) is 70.9 Å². The van der Waals surface area contributed by atoms with Crippen LogP contribution in [0.25, 0.3) is 11.3 Å². The van der Waals surface area contributed by atoms with E-state index in [1.54, 1.807) is 31.2 Å². The maximum absolute atomic E-state index is 13.0. The second-order valence-corrected chi connectivity index (χ2v) is 9.94. The first-order chi connectivity index (χ1) is 17.6. The highest BCUT2D eigenvalue weighted by atomic mass is 16.5. The summed E-state index contributed by atoms with van der Waals surface area (Å²) in [5.41, 5.74) is 8.66. The van der Waals surface area contributed by atoms with Crippen molar-refractivity contribution in [3.63, 3.8) is 0 Å². The molecule has 0 bridgehead atoms. The van der Waals surface area contributed by atoms with Gasteiger partial charge in [0, 0.05) is 23.1 Å². The zero-order chi connectivity index (χ0) is 26.8. The molecule has 0 saturated heterocycles. The summed E-state index contributed by atoms with van der Waals surface area (Å²) in [5.74, 6) is 1.31. The fourth-order valence-electron chi connectivity index (χ4n) is 4.33. The van der Waals surface area contributed by atoms with Gasteiger partial charge in [0.25, 0.3) is 0 Å². The summed E-state index contributed by atoms with van der Waals surface area (Å²) < 4.78 is 16.7. The van der Waals surface area contributed by atoms with Crippen LogP contribution in [0.1, 0.15) is 53.9 Å². The Labute approximate surface area is 217 Å². The molecule has 0 amide bonds. The number of ether oxygens (including phenoxy) is 3. The van der Waals surface area contributed by atoms with Crippen LogP contribution >= 0.6 is 0 Å². The smallest absolute Gasteiger partial charge is 0.163 e. The molecule has 37 heavy (non-hydrogen) atoms. The van der Waals surface area contributed by atoms with E-state index in [0.717, 1.165) is 16.7 Å². The lowest BCUT2D eigenvalue weighted by Gasteiger charge is -2.25. The molecule has 4 N–H and O–H groups in total. The van der Waals surface area contributed by atoms with Gasteiger partial charge < -0.3 is 30.2 Å². The molecule has 0 spiro atoms. The van der Waals surface area contributed by atoms with Crippen LogP contribution in [0.2, 0.25) is 0 Å². The Morgan fingerprint density at radius 1 is 1.19 bits per heavy atom. The van der Waals surface area contributed by atoms with Crippen LogP contribution in [0.5, 0.6) is 17.2 Å². The number of Topliss-reactive ketones (excluding diaryl/α,β-unsaturated/α-hetero) is 1. The number of methoxy groups -OCH3 is 1. The van der Waals surface area contributed by atoms with Crippen molar-refractivity contribution in [1.82, 2.24) is 4.98 Å². The van der Waals surface area contributed by atoms with Crippen molar-refractivity contribution in [2.75, 3.05) is 26.9 Å². The number of fused-ring (bicyclic) bond motifs is 1. The third-order valence-electron chi connectivity index (χ3n) is 6.65. The molecule has 8 heteroatoms. The molecule has 1 aromatic heterocycles. The van der Waals surface area contributed by atoms with Gasteiger partial charge in [-0.1, -0.05) is 29.8 Å². The Hall–Kier alpha value is -3.46. The van der Waals surface area contributed by atoms with Crippen molar-refractivity contribution in [2.45, 2.75) is 44.8 Å². The fourth-order valence-corrected chi connectivity index (χ4v) is 4.33. The number of aromatic nitrogens is 1. The molecule has 0 unspecified atom stereocenters. The largest absolute Gasteiger partial charge is 0.493 e. The van der Waals surface area contributed by atoms with Crippen LogP contribution in [-0.4, -0.2) is 47.9 Å². The third kappa shape index (κ3) is 5.61. The normalized spacial score (nSPS) is 18.0. The van der Waals surface area contributed by atoms with Crippen LogP contribution in [0.4, 0.5) is 0 Å². The quantitative estimate of drug-likeness (QED) is 0.354. The molecule has 2 atom stereocenters. The number of aliphatic hydroxyl groups is 2. The van der Waals surface area contributed by atoms with E-state index in [0.29, 0.717) is 40.8 Å².